The fourth-order valence-electron chi connectivity index (χ4n) is 2.17. The fraction of sp³-hybridized carbons (Fsp3) is 0.0588. The molecule has 3 rings (SSSR count). The molecule has 0 unspecified atom stereocenters. The van der Waals surface area contributed by atoms with E-state index in [0.717, 1.165) is 22.2 Å². The van der Waals surface area contributed by atoms with Crippen molar-refractivity contribution in [1.82, 2.24) is 4.98 Å². The minimum atomic E-state index is -0.151. The highest BCUT2D eigenvalue weighted by Crippen LogP contribution is 2.23. The van der Waals surface area contributed by atoms with Crippen LogP contribution >= 0.6 is 0 Å². The highest BCUT2D eigenvalue weighted by Gasteiger charge is 2.08. The number of ether oxygens (including phenoxy) is 1. The largest absolute Gasteiger partial charge is 0.497 e. The van der Waals surface area contributed by atoms with E-state index in [2.05, 4.69) is 10.3 Å². The summed E-state index contributed by atoms with van der Waals surface area (Å²) in [5.41, 5.74) is 1.36. The van der Waals surface area contributed by atoms with Gasteiger partial charge in [-0.1, -0.05) is 12.1 Å². The highest BCUT2D eigenvalue weighted by molar-refractivity contribution is 6.09. The summed E-state index contributed by atoms with van der Waals surface area (Å²) in [7, 11) is 1.60. The van der Waals surface area contributed by atoms with E-state index in [-0.39, 0.29) is 5.91 Å². The molecule has 0 aliphatic carbocycles. The van der Waals surface area contributed by atoms with Crippen LogP contribution in [-0.4, -0.2) is 18.0 Å². The van der Waals surface area contributed by atoms with Gasteiger partial charge in [0.05, 0.1) is 7.11 Å². The maximum atomic E-state index is 12.3. The van der Waals surface area contributed by atoms with Gasteiger partial charge in [-0.05, 0) is 36.4 Å². The van der Waals surface area contributed by atoms with E-state index in [9.17, 15) is 4.79 Å². The molecule has 3 aromatic rings. The standard InChI is InChI=1S/C17H14N2O2/c1-21-14-7-5-12(6-8-14)17(20)19-16-4-2-3-13-11-18-10-9-15(13)16/h2-11H,1H3,(H,19,20). The predicted molar refractivity (Wildman–Crippen MR) is 82.7 cm³/mol. The van der Waals surface area contributed by atoms with Crippen molar-refractivity contribution < 1.29 is 9.53 Å². The number of carbonyl (C=O) groups is 1. The first-order chi connectivity index (χ1) is 10.3. The van der Waals surface area contributed by atoms with Crippen molar-refractivity contribution in [3.8, 4) is 5.75 Å². The first-order valence-corrected chi connectivity index (χ1v) is 6.56. The van der Waals surface area contributed by atoms with Crippen molar-refractivity contribution >= 4 is 22.4 Å². The van der Waals surface area contributed by atoms with Gasteiger partial charge in [-0.2, -0.15) is 0 Å². The Morgan fingerprint density at radius 3 is 2.67 bits per heavy atom. The van der Waals surface area contributed by atoms with Gasteiger partial charge in [0.1, 0.15) is 5.75 Å². The Hall–Kier alpha value is -2.88. The Labute approximate surface area is 122 Å². The van der Waals surface area contributed by atoms with Crippen LogP contribution in [0.1, 0.15) is 10.4 Å². The van der Waals surface area contributed by atoms with Crippen LogP contribution in [0.25, 0.3) is 10.8 Å². The molecule has 0 saturated carbocycles. The van der Waals surface area contributed by atoms with Gasteiger partial charge in [0.25, 0.3) is 5.91 Å². The zero-order chi connectivity index (χ0) is 14.7. The number of nitrogens with zero attached hydrogens (tertiary/aromatic N) is 1. The van der Waals surface area contributed by atoms with Crippen LogP contribution in [0.15, 0.2) is 60.9 Å². The topological polar surface area (TPSA) is 51.2 Å². The average molecular weight is 278 g/mol. The van der Waals surface area contributed by atoms with Crippen LogP contribution in [0.5, 0.6) is 5.75 Å². The SMILES string of the molecule is COc1ccc(C(=O)Nc2cccc3cnccc23)cc1. The first kappa shape index (κ1) is 13.1. The van der Waals surface area contributed by atoms with Gasteiger partial charge in [-0.25, -0.2) is 0 Å². The Morgan fingerprint density at radius 2 is 1.90 bits per heavy atom. The zero-order valence-electron chi connectivity index (χ0n) is 11.5. The second-order valence-corrected chi connectivity index (χ2v) is 4.59. The molecule has 1 N–H and O–H groups in total. The Balaban J connectivity index is 1.89. The van der Waals surface area contributed by atoms with Crippen molar-refractivity contribution in [3.05, 3.63) is 66.5 Å². The second-order valence-electron chi connectivity index (χ2n) is 4.59. The number of fused-ring (bicyclic) bond motifs is 1. The van der Waals surface area contributed by atoms with Crippen molar-refractivity contribution in [2.24, 2.45) is 0 Å². The number of aromatic nitrogens is 1. The molecule has 4 heteroatoms. The number of amides is 1. The molecule has 0 bridgehead atoms. The summed E-state index contributed by atoms with van der Waals surface area (Å²) in [5, 5.41) is 4.89. The minimum absolute atomic E-state index is 0.151. The molecule has 1 aromatic heterocycles. The quantitative estimate of drug-likeness (QED) is 0.797. The van der Waals surface area contributed by atoms with Gasteiger partial charge in [0, 0.05) is 34.4 Å². The van der Waals surface area contributed by atoms with Gasteiger partial charge < -0.3 is 10.1 Å². The van der Waals surface area contributed by atoms with Gasteiger partial charge in [0.15, 0.2) is 0 Å². The van der Waals surface area contributed by atoms with Crippen LogP contribution in [0.3, 0.4) is 0 Å². The summed E-state index contributed by atoms with van der Waals surface area (Å²) in [6.07, 6.45) is 3.49. The molecular formula is C17H14N2O2. The van der Waals surface area contributed by atoms with Gasteiger partial charge in [-0.15, -0.1) is 0 Å². The van der Waals surface area contributed by atoms with E-state index in [4.69, 9.17) is 4.74 Å². The van der Waals surface area contributed by atoms with Crippen molar-refractivity contribution in [2.45, 2.75) is 0 Å². The predicted octanol–water partition coefficient (Wildman–Crippen LogP) is 3.50. The van der Waals surface area contributed by atoms with Crippen LogP contribution < -0.4 is 10.1 Å². The van der Waals surface area contributed by atoms with Crippen molar-refractivity contribution in [2.75, 3.05) is 12.4 Å². The zero-order valence-corrected chi connectivity index (χ0v) is 11.5. The molecule has 21 heavy (non-hydrogen) atoms. The Bertz CT molecular complexity index is 777. The summed E-state index contributed by atoms with van der Waals surface area (Å²) in [5.74, 6) is 0.574. The molecule has 0 radical (unpaired) electrons. The lowest BCUT2D eigenvalue weighted by Gasteiger charge is -2.09. The van der Waals surface area contributed by atoms with E-state index in [0.29, 0.717) is 5.56 Å². The molecule has 2 aromatic carbocycles. The summed E-state index contributed by atoms with van der Waals surface area (Å²) in [4.78, 5) is 16.4. The molecule has 0 saturated heterocycles. The van der Waals surface area contributed by atoms with Gasteiger partial charge in [-0.3, -0.25) is 9.78 Å². The lowest BCUT2D eigenvalue weighted by Crippen LogP contribution is -2.12. The maximum Gasteiger partial charge on any atom is 0.255 e. The van der Waals surface area contributed by atoms with E-state index >= 15 is 0 Å². The third kappa shape index (κ3) is 2.69. The molecule has 0 aliphatic heterocycles. The number of methoxy groups -OCH3 is 1. The molecule has 0 fully saturated rings. The van der Waals surface area contributed by atoms with Crippen molar-refractivity contribution in [3.63, 3.8) is 0 Å². The third-order valence-electron chi connectivity index (χ3n) is 3.28. The molecule has 0 spiro atoms. The van der Waals surface area contributed by atoms with Crippen LogP contribution in [0, 0.1) is 0 Å². The minimum Gasteiger partial charge on any atom is -0.497 e. The molecule has 0 atom stereocenters. The summed E-state index contributed by atoms with van der Waals surface area (Å²) in [6.45, 7) is 0. The van der Waals surface area contributed by atoms with E-state index in [1.165, 1.54) is 0 Å². The monoisotopic (exact) mass is 278 g/mol. The number of hydrogen-bond acceptors (Lipinski definition) is 3. The number of nitrogens with one attached hydrogen (secondary N) is 1. The van der Waals surface area contributed by atoms with Crippen LogP contribution in [-0.2, 0) is 0 Å². The number of pyridine rings is 1. The first-order valence-electron chi connectivity index (χ1n) is 6.56. The number of hydrogen-bond donors (Lipinski definition) is 1. The Morgan fingerprint density at radius 1 is 1.10 bits per heavy atom. The highest BCUT2D eigenvalue weighted by atomic mass is 16.5. The molecule has 1 heterocycles. The number of carbonyl (C=O) groups excluding carboxylic acids is 1. The van der Waals surface area contributed by atoms with Gasteiger partial charge in [0.2, 0.25) is 0 Å². The number of benzene rings is 2. The molecule has 0 aliphatic rings. The lowest BCUT2D eigenvalue weighted by molar-refractivity contribution is 0.102. The summed E-state index contributed by atoms with van der Waals surface area (Å²) in [6, 6.07) is 14.6. The fourth-order valence-corrected chi connectivity index (χ4v) is 2.17. The molecule has 1 amide bonds. The van der Waals surface area contributed by atoms with Crippen LogP contribution in [0.4, 0.5) is 5.69 Å². The Kier molecular flexibility index (Phi) is 3.51. The third-order valence-corrected chi connectivity index (χ3v) is 3.28. The normalized spacial score (nSPS) is 10.3. The van der Waals surface area contributed by atoms with E-state index in [1.54, 1.807) is 43.8 Å². The molecule has 4 nitrogen and oxygen atoms in total. The summed E-state index contributed by atoms with van der Waals surface area (Å²) < 4.78 is 5.09. The number of anilines is 1. The van der Waals surface area contributed by atoms with Crippen LogP contribution in [0.2, 0.25) is 0 Å². The van der Waals surface area contributed by atoms with Crippen molar-refractivity contribution in [1.29, 1.82) is 0 Å². The van der Waals surface area contributed by atoms with Gasteiger partial charge >= 0.3 is 0 Å². The summed E-state index contributed by atoms with van der Waals surface area (Å²) >= 11 is 0. The maximum absolute atomic E-state index is 12.3. The lowest BCUT2D eigenvalue weighted by atomic mass is 10.1. The smallest absolute Gasteiger partial charge is 0.255 e. The van der Waals surface area contributed by atoms with E-state index < -0.39 is 0 Å². The second kappa shape index (κ2) is 5.63. The molecular weight excluding hydrogens is 264 g/mol. The molecule has 104 valence electrons. The van der Waals surface area contributed by atoms with E-state index in [1.807, 2.05) is 24.3 Å². The average Bonchev–Trinajstić information content (AvgIpc) is 2.55. The number of rotatable bonds is 3.